The molecule has 20 heavy (non-hydrogen) atoms. The Morgan fingerprint density at radius 2 is 2.40 bits per heavy atom. The van der Waals surface area contributed by atoms with E-state index >= 15 is 0 Å². The van der Waals surface area contributed by atoms with Gasteiger partial charge < -0.3 is 10.1 Å². The lowest BCUT2D eigenvalue weighted by molar-refractivity contribution is -0.121. The summed E-state index contributed by atoms with van der Waals surface area (Å²) in [6.07, 6.45) is 8.80. The van der Waals surface area contributed by atoms with Gasteiger partial charge in [0.05, 0.1) is 6.10 Å². The zero-order chi connectivity index (χ0) is 14.4. The maximum absolute atomic E-state index is 11.9. The Morgan fingerprint density at radius 1 is 1.55 bits per heavy atom. The van der Waals surface area contributed by atoms with E-state index in [2.05, 4.69) is 22.5 Å². The molecule has 1 aliphatic rings. The quantitative estimate of drug-likeness (QED) is 0.812. The van der Waals surface area contributed by atoms with E-state index in [0.717, 1.165) is 18.4 Å². The summed E-state index contributed by atoms with van der Waals surface area (Å²) in [6, 6.07) is 3.79. The molecule has 4 nitrogen and oxygen atoms in total. The van der Waals surface area contributed by atoms with Crippen molar-refractivity contribution in [3.63, 3.8) is 0 Å². The molecule has 4 heteroatoms. The molecule has 0 unspecified atom stereocenters. The van der Waals surface area contributed by atoms with E-state index in [1.807, 2.05) is 26.0 Å². The number of aromatic nitrogens is 1. The van der Waals surface area contributed by atoms with Crippen molar-refractivity contribution in [2.45, 2.75) is 45.8 Å². The zero-order valence-corrected chi connectivity index (χ0v) is 12.1. The SMILES string of the molecule is CC(C)Oc1ncccc1CNC(=O)C[C@@H]1C=CCC1. The Morgan fingerprint density at radius 3 is 3.10 bits per heavy atom. The van der Waals surface area contributed by atoms with Crippen molar-refractivity contribution in [2.75, 3.05) is 0 Å². The lowest BCUT2D eigenvalue weighted by Crippen LogP contribution is -2.25. The topological polar surface area (TPSA) is 51.2 Å². The first-order chi connectivity index (χ1) is 9.65. The minimum Gasteiger partial charge on any atom is -0.475 e. The van der Waals surface area contributed by atoms with Crippen molar-refractivity contribution in [3.8, 4) is 5.88 Å². The Bertz CT molecular complexity index is 483. The van der Waals surface area contributed by atoms with Crippen LogP contribution in [-0.2, 0) is 11.3 Å². The summed E-state index contributed by atoms with van der Waals surface area (Å²) in [7, 11) is 0. The van der Waals surface area contributed by atoms with Crippen LogP contribution in [0.4, 0.5) is 0 Å². The molecule has 0 fully saturated rings. The van der Waals surface area contributed by atoms with Gasteiger partial charge in [-0.05, 0) is 38.7 Å². The van der Waals surface area contributed by atoms with Crippen LogP contribution >= 0.6 is 0 Å². The molecule has 108 valence electrons. The molecule has 0 bridgehead atoms. The van der Waals surface area contributed by atoms with Crippen LogP contribution in [0.3, 0.4) is 0 Å². The van der Waals surface area contributed by atoms with Crippen molar-refractivity contribution >= 4 is 5.91 Å². The second-order valence-corrected chi connectivity index (χ2v) is 5.38. The highest BCUT2D eigenvalue weighted by Gasteiger charge is 2.14. The third-order valence-electron chi connectivity index (χ3n) is 3.23. The van der Waals surface area contributed by atoms with Gasteiger partial charge in [0.1, 0.15) is 0 Å². The first kappa shape index (κ1) is 14.6. The van der Waals surface area contributed by atoms with Crippen LogP contribution < -0.4 is 10.1 Å². The lowest BCUT2D eigenvalue weighted by atomic mass is 10.1. The molecule has 1 aliphatic carbocycles. The highest BCUT2D eigenvalue weighted by molar-refractivity contribution is 5.76. The van der Waals surface area contributed by atoms with Crippen molar-refractivity contribution < 1.29 is 9.53 Å². The minimum atomic E-state index is 0.0722. The van der Waals surface area contributed by atoms with E-state index in [0.29, 0.717) is 24.8 Å². The van der Waals surface area contributed by atoms with E-state index in [-0.39, 0.29) is 12.0 Å². The second kappa shape index (κ2) is 7.08. The Balaban J connectivity index is 1.86. The molecule has 1 aromatic heterocycles. The largest absolute Gasteiger partial charge is 0.475 e. The van der Waals surface area contributed by atoms with E-state index in [4.69, 9.17) is 4.74 Å². The molecule has 0 radical (unpaired) electrons. The molecule has 0 spiro atoms. The van der Waals surface area contributed by atoms with Crippen molar-refractivity contribution in [1.82, 2.24) is 10.3 Å². The number of carbonyl (C=O) groups is 1. The van der Waals surface area contributed by atoms with Gasteiger partial charge >= 0.3 is 0 Å². The highest BCUT2D eigenvalue weighted by atomic mass is 16.5. The van der Waals surface area contributed by atoms with Crippen LogP contribution in [0, 0.1) is 5.92 Å². The van der Waals surface area contributed by atoms with Gasteiger partial charge in [0.15, 0.2) is 0 Å². The summed E-state index contributed by atoms with van der Waals surface area (Å²) in [6.45, 7) is 4.39. The minimum absolute atomic E-state index is 0.0722. The first-order valence-electron chi connectivity index (χ1n) is 7.19. The molecule has 1 heterocycles. The molecule has 2 rings (SSSR count). The molecular weight excluding hydrogens is 252 g/mol. The average Bonchev–Trinajstić information content (AvgIpc) is 2.90. The Hall–Kier alpha value is -1.84. The molecule has 0 saturated carbocycles. The number of hydrogen-bond donors (Lipinski definition) is 1. The van der Waals surface area contributed by atoms with Crippen LogP contribution in [0.5, 0.6) is 5.88 Å². The monoisotopic (exact) mass is 274 g/mol. The fraction of sp³-hybridized carbons (Fsp3) is 0.500. The van der Waals surface area contributed by atoms with Gasteiger partial charge in [0.2, 0.25) is 11.8 Å². The number of pyridine rings is 1. The van der Waals surface area contributed by atoms with Gasteiger partial charge in [0, 0.05) is 24.7 Å². The van der Waals surface area contributed by atoms with E-state index in [1.54, 1.807) is 6.20 Å². The molecule has 0 aliphatic heterocycles. The zero-order valence-electron chi connectivity index (χ0n) is 12.1. The predicted molar refractivity (Wildman–Crippen MR) is 78.3 cm³/mol. The molecule has 1 N–H and O–H groups in total. The summed E-state index contributed by atoms with van der Waals surface area (Å²) in [5.74, 6) is 1.08. The number of hydrogen-bond acceptors (Lipinski definition) is 3. The maximum atomic E-state index is 11.9. The number of nitrogens with one attached hydrogen (secondary N) is 1. The number of nitrogens with zero attached hydrogens (tertiary/aromatic N) is 1. The summed E-state index contributed by atoms with van der Waals surface area (Å²) >= 11 is 0. The van der Waals surface area contributed by atoms with Crippen molar-refractivity contribution in [1.29, 1.82) is 0 Å². The number of carbonyl (C=O) groups excluding carboxylic acids is 1. The Kier molecular flexibility index (Phi) is 5.16. The van der Waals surface area contributed by atoms with Gasteiger partial charge in [0.25, 0.3) is 0 Å². The second-order valence-electron chi connectivity index (χ2n) is 5.38. The van der Waals surface area contributed by atoms with Crippen LogP contribution in [0.25, 0.3) is 0 Å². The third-order valence-corrected chi connectivity index (χ3v) is 3.23. The van der Waals surface area contributed by atoms with Crippen LogP contribution in [-0.4, -0.2) is 17.0 Å². The fourth-order valence-electron chi connectivity index (χ4n) is 2.26. The average molecular weight is 274 g/mol. The van der Waals surface area contributed by atoms with Crippen LogP contribution in [0.15, 0.2) is 30.5 Å². The smallest absolute Gasteiger partial charge is 0.220 e. The van der Waals surface area contributed by atoms with Gasteiger partial charge in [-0.3, -0.25) is 4.79 Å². The first-order valence-corrected chi connectivity index (χ1v) is 7.19. The molecule has 1 aromatic rings. The number of amides is 1. The third kappa shape index (κ3) is 4.37. The molecule has 1 atom stereocenters. The van der Waals surface area contributed by atoms with E-state index < -0.39 is 0 Å². The normalized spacial score (nSPS) is 17.4. The standard InChI is InChI=1S/C16H22N2O2/c1-12(2)20-16-14(8-5-9-17-16)11-18-15(19)10-13-6-3-4-7-13/h3,5-6,8-9,12-13H,4,7,10-11H2,1-2H3,(H,18,19)/t13-/m1/s1. The summed E-state index contributed by atoms with van der Waals surface area (Å²) in [5, 5.41) is 2.95. The molecular formula is C16H22N2O2. The Labute approximate surface area is 120 Å². The van der Waals surface area contributed by atoms with Gasteiger partial charge in [-0.1, -0.05) is 18.2 Å². The van der Waals surface area contributed by atoms with E-state index in [9.17, 15) is 4.79 Å². The fourth-order valence-corrected chi connectivity index (χ4v) is 2.26. The number of ether oxygens (including phenoxy) is 1. The molecule has 1 amide bonds. The van der Waals surface area contributed by atoms with Crippen molar-refractivity contribution in [2.24, 2.45) is 5.92 Å². The maximum Gasteiger partial charge on any atom is 0.220 e. The van der Waals surface area contributed by atoms with E-state index in [1.165, 1.54) is 0 Å². The summed E-state index contributed by atoms with van der Waals surface area (Å²) in [5.41, 5.74) is 0.913. The number of allylic oxidation sites excluding steroid dienone is 2. The van der Waals surface area contributed by atoms with Gasteiger partial charge in [-0.15, -0.1) is 0 Å². The molecule has 0 saturated heterocycles. The predicted octanol–water partition coefficient (Wildman–Crippen LogP) is 2.84. The van der Waals surface area contributed by atoms with Crippen LogP contribution in [0.1, 0.15) is 38.7 Å². The highest BCUT2D eigenvalue weighted by Crippen LogP contribution is 2.20. The summed E-state index contributed by atoms with van der Waals surface area (Å²) in [4.78, 5) is 16.1. The van der Waals surface area contributed by atoms with Crippen molar-refractivity contribution in [3.05, 3.63) is 36.0 Å². The van der Waals surface area contributed by atoms with Gasteiger partial charge in [-0.2, -0.15) is 0 Å². The van der Waals surface area contributed by atoms with Crippen LogP contribution in [0.2, 0.25) is 0 Å². The lowest BCUT2D eigenvalue weighted by Gasteiger charge is -2.14. The molecule has 0 aromatic carbocycles. The number of rotatable bonds is 6. The summed E-state index contributed by atoms with van der Waals surface area (Å²) < 4.78 is 5.64. The van der Waals surface area contributed by atoms with Gasteiger partial charge in [-0.25, -0.2) is 4.98 Å².